The minimum absolute atomic E-state index is 0.445. The first-order valence-corrected chi connectivity index (χ1v) is 7.11. The molecule has 0 N–H and O–H groups in total. The molecule has 22 heavy (non-hydrogen) atoms. The fourth-order valence-corrected chi connectivity index (χ4v) is 2.10. The van der Waals surface area contributed by atoms with E-state index in [2.05, 4.69) is 20.2 Å². The Balaban J connectivity index is 2.08. The molecule has 0 aliphatic carbocycles. The summed E-state index contributed by atoms with van der Waals surface area (Å²) in [6.07, 6.45) is 2.44. The number of aryl methyl sites for hydroxylation is 1. The highest BCUT2D eigenvalue weighted by Gasteiger charge is 2.17. The maximum absolute atomic E-state index is 5.63. The summed E-state index contributed by atoms with van der Waals surface area (Å²) in [5, 5.41) is 8.08. The van der Waals surface area contributed by atoms with Crippen molar-refractivity contribution in [1.29, 1.82) is 0 Å². The van der Waals surface area contributed by atoms with Crippen LogP contribution in [-0.4, -0.2) is 34.3 Å². The van der Waals surface area contributed by atoms with Crippen LogP contribution in [0.15, 0.2) is 40.9 Å². The molecule has 2 aromatic heterocycles. The van der Waals surface area contributed by atoms with Crippen LogP contribution in [0.2, 0.25) is 0 Å². The number of hydrogen-bond donors (Lipinski definition) is 0. The molecule has 0 fully saturated rings. The third-order valence-corrected chi connectivity index (χ3v) is 3.22. The Morgan fingerprint density at radius 3 is 2.50 bits per heavy atom. The van der Waals surface area contributed by atoms with Gasteiger partial charge >= 0.3 is 0 Å². The van der Waals surface area contributed by atoms with Gasteiger partial charge in [0.2, 0.25) is 5.89 Å². The lowest BCUT2D eigenvalue weighted by Crippen LogP contribution is -2.13. The molecule has 0 atom stereocenters. The molecular weight excluding hydrogens is 278 g/mol. The summed E-state index contributed by atoms with van der Waals surface area (Å²) in [7, 11) is 3.86. The van der Waals surface area contributed by atoms with Gasteiger partial charge in [0.05, 0.1) is 5.56 Å². The number of hydrogen-bond acceptors (Lipinski definition) is 6. The Kier molecular flexibility index (Phi) is 3.82. The standard InChI is InChI=1S/C16H17N5O/c1-4-13-19-20-16(22-13)12-10-17-14(18-15(12)21(2)3)11-8-6-5-7-9-11/h5-10H,4H2,1-3H3. The maximum atomic E-state index is 5.63. The van der Waals surface area contributed by atoms with Crippen molar-refractivity contribution in [3.63, 3.8) is 0 Å². The van der Waals surface area contributed by atoms with E-state index in [1.807, 2.05) is 56.3 Å². The van der Waals surface area contributed by atoms with E-state index in [-0.39, 0.29) is 0 Å². The molecule has 0 bridgehead atoms. The highest BCUT2D eigenvalue weighted by atomic mass is 16.4. The molecule has 0 amide bonds. The first-order valence-electron chi connectivity index (χ1n) is 7.11. The zero-order valence-corrected chi connectivity index (χ0v) is 12.8. The van der Waals surface area contributed by atoms with Gasteiger partial charge in [0.15, 0.2) is 5.82 Å². The van der Waals surface area contributed by atoms with Crippen LogP contribution in [0.1, 0.15) is 12.8 Å². The van der Waals surface area contributed by atoms with Crippen LogP contribution < -0.4 is 4.90 Å². The van der Waals surface area contributed by atoms with Gasteiger partial charge < -0.3 is 9.32 Å². The molecule has 0 saturated heterocycles. The summed E-state index contributed by atoms with van der Waals surface area (Å²) in [4.78, 5) is 11.0. The zero-order chi connectivity index (χ0) is 15.5. The molecule has 3 rings (SSSR count). The summed E-state index contributed by atoms with van der Waals surface area (Å²) in [5.74, 6) is 2.47. The minimum Gasteiger partial charge on any atom is -0.421 e. The van der Waals surface area contributed by atoms with Crippen molar-refractivity contribution in [1.82, 2.24) is 20.2 Å². The van der Waals surface area contributed by atoms with Crippen LogP contribution in [0.5, 0.6) is 0 Å². The quantitative estimate of drug-likeness (QED) is 0.737. The number of aromatic nitrogens is 4. The van der Waals surface area contributed by atoms with Gasteiger partial charge in [-0.25, -0.2) is 9.97 Å². The normalized spacial score (nSPS) is 10.7. The summed E-state index contributed by atoms with van der Waals surface area (Å²) < 4.78 is 5.63. The van der Waals surface area contributed by atoms with Crippen LogP contribution in [0.3, 0.4) is 0 Å². The van der Waals surface area contributed by atoms with Crippen LogP contribution >= 0.6 is 0 Å². The monoisotopic (exact) mass is 295 g/mol. The van der Waals surface area contributed by atoms with E-state index in [9.17, 15) is 0 Å². The first-order chi connectivity index (χ1) is 10.7. The fraction of sp³-hybridized carbons (Fsp3) is 0.250. The van der Waals surface area contributed by atoms with Gasteiger partial charge in [0, 0.05) is 32.3 Å². The van der Waals surface area contributed by atoms with Crippen LogP contribution in [0.4, 0.5) is 5.82 Å². The molecule has 0 spiro atoms. The number of rotatable bonds is 4. The Hall–Kier alpha value is -2.76. The Bertz CT molecular complexity index is 767. The Morgan fingerprint density at radius 1 is 1.09 bits per heavy atom. The van der Waals surface area contributed by atoms with Gasteiger partial charge in [-0.15, -0.1) is 10.2 Å². The van der Waals surface area contributed by atoms with Crippen LogP contribution in [0.25, 0.3) is 22.8 Å². The van der Waals surface area contributed by atoms with E-state index < -0.39 is 0 Å². The molecule has 0 radical (unpaired) electrons. The summed E-state index contributed by atoms with van der Waals surface area (Å²) in [5.41, 5.74) is 1.70. The van der Waals surface area contributed by atoms with Gasteiger partial charge in [0.1, 0.15) is 5.82 Å². The molecular formula is C16H17N5O. The zero-order valence-electron chi connectivity index (χ0n) is 12.8. The van der Waals surface area contributed by atoms with Crippen LogP contribution in [-0.2, 0) is 6.42 Å². The average Bonchev–Trinajstić information content (AvgIpc) is 3.04. The van der Waals surface area contributed by atoms with E-state index in [4.69, 9.17) is 4.42 Å². The maximum Gasteiger partial charge on any atom is 0.253 e. The van der Waals surface area contributed by atoms with Crippen molar-refractivity contribution < 1.29 is 4.42 Å². The van der Waals surface area contributed by atoms with E-state index in [1.54, 1.807) is 6.20 Å². The molecule has 2 heterocycles. The van der Waals surface area contributed by atoms with Gasteiger partial charge in [0.25, 0.3) is 5.89 Å². The molecule has 6 heteroatoms. The lowest BCUT2D eigenvalue weighted by atomic mass is 10.2. The topological polar surface area (TPSA) is 67.9 Å². The molecule has 3 aromatic rings. The highest BCUT2D eigenvalue weighted by Crippen LogP contribution is 2.28. The van der Waals surface area contributed by atoms with Gasteiger partial charge in [-0.05, 0) is 0 Å². The second-order valence-corrected chi connectivity index (χ2v) is 5.05. The predicted molar refractivity (Wildman–Crippen MR) is 84.5 cm³/mol. The molecule has 6 nitrogen and oxygen atoms in total. The minimum atomic E-state index is 0.445. The van der Waals surface area contributed by atoms with Gasteiger partial charge in [-0.3, -0.25) is 0 Å². The lowest BCUT2D eigenvalue weighted by Gasteiger charge is -2.15. The molecule has 0 aliphatic rings. The van der Waals surface area contributed by atoms with Crippen molar-refractivity contribution in [2.45, 2.75) is 13.3 Å². The first kappa shape index (κ1) is 14.2. The molecule has 0 aliphatic heterocycles. The smallest absolute Gasteiger partial charge is 0.253 e. The largest absolute Gasteiger partial charge is 0.421 e. The number of benzene rings is 1. The SMILES string of the molecule is CCc1nnc(-c2cnc(-c3ccccc3)nc2N(C)C)o1. The Morgan fingerprint density at radius 2 is 1.86 bits per heavy atom. The van der Waals surface area contributed by atoms with E-state index in [0.717, 1.165) is 16.9 Å². The van der Waals surface area contributed by atoms with Crippen LogP contribution in [0, 0.1) is 0 Å². The third kappa shape index (κ3) is 2.67. The van der Waals surface area contributed by atoms with Crippen molar-refractivity contribution >= 4 is 5.82 Å². The lowest BCUT2D eigenvalue weighted by molar-refractivity contribution is 0.512. The molecule has 0 saturated carbocycles. The number of anilines is 1. The average molecular weight is 295 g/mol. The van der Waals surface area contributed by atoms with Crippen molar-refractivity contribution in [2.24, 2.45) is 0 Å². The summed E-state index contributed by atoms with van der Waals surface area (Å²) in [6, 6.07) is 9.86. The molecule has 112 valence electrons. The van der Waals surface area contributed by atoms with E-state index in [1.165, 1.54) is 0 Å². The summed E-state index contributed by atoms with van der Waals surface area (Å²) >= 11 is 0. The second kappa shape index (κ2) is 5.93. The van der Waals surface area contributed by atoms with Crippen molar-refractivity contribution in [3.05, 3.63) is 42.4 Å². The second-order valence-electron chi connectivity index (χ2n) is 5.05. The molecule has 1 aromatic carbocycles. The van der Waals surface area contributed by atoms with Crippen molar-refractivity contribution in [3.8, 4) is 22.8 Å². The van der Waals surface area contributed by atoms with E-state index >= 15 is 0 Å². The number of nitrogens with zero attached hydrogens (tertiary/aromatic N) is 5. The van der Waals surface area contributed by atoms with Gasteiger partial charge in [-0.1, -0.05) is 37.3 Å². The highest BCUT2D eigenvalue weighted by molar-refractivity contribution is 5.71. The summed E-state index contributed by atoms with van der Waals surface area (Å²) in [6.45, 7) is 1.97. The molecule has 0 unspecified atom stereocenters. The van der Waals surface area contributed by atoms with E-state index in [0.29, 0.717) is 24.0 Å². The fourth-order valence-electron chi connectivity index (χ4n) is 2.10. The van der Waals surface area contributed by atoms with Gasteiger partial charge in [-0.2, -0.15) is 0 Å². The Labute approximate surface area is 128 Å². The predicted octanol–water partition coefficient (Wildman–Crippen LogP) is 2.82. The van der Waals surface area contributed by atoms with Crippen molar-refractivity contribution in [2.75, 3.05) is 19.0 Å². The third-order valence-electron chi connectivity index (χ3n) is 3.22.